The second-order valence-electron chi connectivity index (χ2n) is 5.74. The largest absolute Gasteiger partial charge is 0.480 e. The Labute approximate surface area is 129 Å². The molecule has 0 aliphatic rings. The van der Waals surface area contributed by atoms with Crippen LogP contribution in [0.2, 0.25) is 0 Å². The van der Waals surface area contributed by atoms with Gasteiger partial charge in [-0.1, -0.05) is 6.92 Å². The van der Waals surface area contributed by atoms with Gasteiger partial charge in [0.2, 0.25) is 0 Å². The minimum absolute atomic E-state index is 0.241. The van der Waals surface area contributed by atoms with Gasteiger partial charge in [-0.25, -0.2) is 4.79 Å². The van der Waals surface area contributed by atoms with Gasteiger partial charge in [0.15, 0.2) is 0 Å². The van der Waals surface area contributed by atoms with Gasteiger partial charge in [0, 0.05) is 13.0 Å². The number of thiophene rings is 1. The van der Waals surface area contributed by atoms with Crippen LogP contribution in [0.25, 0.3) is 0 Å². The summed E-state index contributed by atoms with van der Waals surface area (Å²) >= 11 is 1.33. The maximum absolute atomic E-state index is 12.2. The Hall–Kier alpha value is -1.40. The monoisotopic (exact) mass is 313 g/mol. The van der Waals surface area contributed by atoms with Crippen molar-refractivity contribution >= 4 is 23.2 Å². The van der Waals surface area contributed by atoms with E-state index in [1.807, 2.05) is 39.1 Å². The summed E-state index contributed by atoms with van der Waals surface area (Å²) in [7, 11) is 0. The number of aliphatic carboxylic acids is 1. The molecule has 0 aliphatic carbocycles. The predicted molar refractivity (Wildman–Crippen MR) is 82.9 cm³/mol. The van der Waals surface area contributed by atoms with Gasteiger partial charge in [0.1, 0.15) is 6.04 Å². The molecule has 21 heavy (non-hydrogen) atoms. The Balaban J connectivity index is 2.62. The Morgan fingerprint density at radius 2 is 2.10 bits per heavy atom. The summed E-state index contributed by atoms with van der Waals surface area (Å²) in [5.74, 6) is -1.37. The molecule has 0 radical (unpaired) electrons. The summed E-state index contributed by atoms with van der Waals surface area (Å²) in [5.41, 5.74) is 0.614. The Morgan fingerprint density at radius 3 is 2.62 bits per heavy atom. The Kier molecular flexibility index (Phi) is 6.36. The molecule has 1 heterocycles. The summed E-state index contributed by atoms with van der Waals surface area (Å²) in [4.78, 5) is 24.0. The third-order valence-corrected chi connectivity index (χ3v) is 3.83. The highest BCUT2D eigenvalue weighted by molar-refractivity contribution is 7.12. The van der Waals surface area contributed by atoms with Crippen molar-refractivity contribution in [1.29, 1.82) is 0 Å². The van der Waals surface area contributed by atoms with Gasteiger partial charge in [-0.15, -0.1) is 11.3 Å². The van der Waals surface area contributed by atoms with Crippen molar-refractivity contribution in [1.82, 2.24) is 5.32 Å². The first kappa shape index (κ1) is 17.7. The maximum Gasteiger partial charge on any atom is 0.326 e. The fourth-order valence-corrected chi connectivity index (χ4v) is 2.68. The molecule has 0 saturated carbocycles. The number of hydrogen-bond acceptors (Lipinski definition) is 4. The third kappa shape index (κ3) is 5.85. The summed E-state index contributed by atoms with van der Waals surface area (Å²) in [6.45, 7) is 7.96. The summed E-state index contributed by atoms with van der Waals surface area (Å²) in [6.07, 6.45) is 0.988. The molecule has 2 N–H and O–H groups in total. The van der Waals surface area contributed by atoms with Crippen LogP contribution in [0, 0.1) is 0 Å². The molecule has 0 aliphatic heterocycles. The van der Waals surface area contributed by atoms with Crippen molar-refractivity contribution in [3.8, 4) is 0 Å². The number of carbonyl (C=O) groups excluding carboxylic acids is 1. The highest BCUT2D eigenvalue weighted by Crippen LogP contribution is 2.17. The number of amides is 1. The minimum Gasteiger partial charge on any atom is -0.480 e. The lowest BCUT2D eigenvalue weighted by molar-refractivity contribution is -0.140. The van der Waals surface area contributed by atoms with Crippen LogP contribution in [0.4, 0.5) is 0 Å². The van der Waals surface area contributed by atoms with Crippen LogP contribution in [0.15, 0.2) is 11.4 Å². The molecule has 6 heteroatoms. The molecule has 0 spiro atoms. The van der Waals surface area contributed by atoms with Crippen LogP contribution in [-0.2, 0) is 16.0 Å². The highest BCUT2D eigenvalue weighted by atomic mass is 32.1. The number of nitrogens with one attached hydrogen (secondary N) is 1. The van der Waals surface area contributed by atoms with E-state index in [1.54, 1.807) is 0 Å². The van der Waals surface area contributed by atoms with E-state index in [1.165, 1.54) is 11.3 Å². The molecule has 118 valence electrons. The molecular weight excluding hydrogens is 290 g/mol. The molecule has 0 fully saturated rings. The predicted octanol–water partition coefficient (Wildman–Crippen LogP) is 2.70. The average molecular weight is 313 g/mol. The fourth-order valence-electron chi connectivity index (χ4n) is 1.78. The van der Waals surface area contributed by atoms with E-state index in [4.69, 9.17) is 4.74 Å². The van der Waals surface area contributed by atoms with E-state index in [0.717, 1.165) is 12.0 Å². The van der Waals surface area contributed by atoms with Crippen molar-refractivity contribution < 1.29 is 19.4 Å². The van der Waals surface area contributed by atoms with Gasteiger partial charge < -0.3 is 15.2 Å². The molecule has 1 atom stereocenters. The average Bonchev–Trinajstić information content (AvgIpc) is 2.84. The lowest BCUT2D eigenvalue weighted by Gasteiger charge is -2.21. The van der Waals surface area contributed by atoms with E-state index in [0.29, 0.717) is 4.88 Å². The lowest BCUT2D eigenvalue weighted by Crippen LogP contribution is -2.42. The smallest absolute Gasteiger partial charge is 0.326 e. The second kappa shape index (κ2) is 7.56. The molecule has 5 nitrogen and oxygen atoms in total. The Bertz CT molecular complexity index is 490. The first-order valence-corrected chi connectivity index (χ1v) is 7.86. The number of hydrogen-bond donors (Lipinski definition) is 2. The molecule has 0 aromatic carbocycles. The van der Waals surface area contributed by atoms with Crippen molar-refractivity contribution in [2.75, 3.05) is 6.61 Å². The normalized spacial score (nSPS) is 13.0. The molecule has 0 bridgehead atoms. The SMILES string of the molecule is CCc1ccsc1C(=O)NC(CCOC(C)(C)C)C(=O)O. The van der Waals surface area contributed by atoms with E-state index in [2.05, 4.69) is 5.32 Å². The van der Waals surface area contributed by atoms with E-state index in [-0.39, 0.29) is 24.5 Å². The van der Waals surface area contributed by atoms with Crippen LogP contribution >= 0.6 is 11.3 Å². The minimum atomic E-state index is -1.05. The topological polar surface area (TPSA) is 75.6 Å². The summed E-state index contributed by atoms with van der Waals surface area (Å²) in [6, 6.07) is 0.949. The van der Waals surface area contributed by atoms with Crippen LogP contribution < -0.4 is 5.32 Å². The first-order valence-electron chi connectivity index (χ1n) is 6.98. The van der Waals surface area contributed by atoms with Crippen molar-refractivity contribution in [3.05, 3.63) is 21.9 Å². The fraction of sp³-hybridized carbons (Fsp3) is 0.600. The van der Waals surface area contributed by atoms with Gasteiger partial charge in [0.25, 0.3) is 5.91 Å². The number of carboxylic acid groups (broad SMARTS) is 1. The molecule has 0 saturated heterocycles. The molecular formula is C15H23NO4S. The van der Waals surface area contributed by atoms with Gasteiger partial charge in [-0.3, -0.25) is 4.79 Å². The molecule has 1 unspecified atom stereocenters. The number of carboxylic acids is 1. The van der Waals surface area contributed by atoms with Crippen LogP contribution in [0.1, 0.15) is 49.4 Å². The van der Waals surface area contributed by atoms with Crippen LogP contribution in [-0.4, -0.2) is 35.2 Å². The second-order valence-corrected chi connectivity index (χ2v) is 6.66. The van der Waals surface area contributed by atoms with Gasteiger partial charge in [0.05, 0.1) is 10.5 Å². The number of carbonyl (C=O) groups is 2. The molecule has 1 aromatic rings. The van der Waals surface area contributed by atoms with Crippen molar-refractivity contribution in [2.45, 2.75) is 52.2 Å². The zero-order chi connectivity index (χ0) is 16.0. The quantitative estimate of drug-likeness (QED) is 0.811. The zero-order valence-electron chi connectivity index (χ0n) is 12.9. The maximum atomic E-state index is 12.2. The number of ether oxygens (including phenoxy) is 1. The van der Waals surface area contributed by atoms with Gasteiger partial charge >= 0.3 is 5.97 Å². The van der Waals surface area contributed by atoms with E-state index in [9.17, 15) is 14.7 Å². The van der Waals surface area contributed by atoms with Crippen molar-refractivity contribution in [3.63, 3.8) is 0 Å². The first-order chi connectivity index (χ1) is 9.74. The van der Waals surface area contributed by atoms with E-state index >= 15 is 0 Å². The van der Waals surface area contributed by atoms with Crippen molar-refractivity contribution in [2.24, 2.45) is 0 Å². The zero-order valence-corrected chi connectivity index (χ0v) is 13.8. The molecule has 1 aromatic heterocycles. The lowest BCUT2D eigenvalue weighted by atomic mass is 10.1. The van der Waals surface area contributed by atoms with Crippen LogP contribution in [0.5, 0.6) is 0 Å². The van der Waals surface area contributed by atoms with Crippen LogP contribution in [0.3, 0.4) is 0 Å². The molecule has 1 rings (SSSR count). The summed E-state index contributed by atoms with van der Waals surface area (Å²) in [5, 5.41) is 13.6. The standard InChI is InChI=1S/C15H23NO4S/c1-5-10-7-9-21-12(10)13(17)16-11(14(18)19)6-8-20-15(2,3)4/h7,9,11H,5-6,8H2,1-4H3,(H,16,17)(H,18,19). The Morgan fingerprint density at radius 1 is 1.43 bits per heavy atom. The number of rotatable bonds is 7. The van der Waals surface area contributed by atoms with Gasteiger partial charge in [-0.05, 0) is 44.2 Å². The third-order valence-electron chi connectivity index (χ3n) is 2.88. The summed E-state index contributed by atoms with van der Waals surface area (Å²) < 4.78 is 5.52. The molecule has 1 amide bonds. The van der Waals surface area contributed by atoms with E-state index < -0.39 is 12.0 Å². The highest BCUT2D eigenvalue weighted by Gasteiger charge is 2.23. The number of aryl methyl sites for hydroxylation is 1. The van der Waals surface area contributed by atoms with Gasteiger partial charge in [-0.2, -0.15) is 0 Å².